The van der Waals surface area contributed by atoms with Crippen molar-refractivity contribution in [2.24, 2.45) is 5.10 Å². The summed E-state index contributed by atoms with van der Waals surface area (Å²) >= 11 is 0. The molecule has 0 aliphatic carbocycles. The summed E-state index contributed by atoms with van der Waals surface area (Å²) in [5.41, 5.74) is 5.24. The van der Waals surface area contributed by atoms with E-state index >= 15 is 0 Å². The van der Waals surface area contributed by atoms with Gasteiger partial charge in [-0.05, 0) is 50.6 Å². The molecule has 0 saturated heterocycles. The second kappa shape index (κ2) is 8.60. The van der Waals surface area contributed by atoms with Crippen LogP contribution in [0.4, 0.5) is 0 Å². The molecule has 0 bridgehead atoms. The molecular weight excluding hydrogens is 392 g/mol. The Bertz CT molecular complexity index is 1110. The molecule has 6 heteroatoms. The van der Waals surface area contributed by atoms with E-state index in [-0.39, 0.29) is 6.04 Å². The molecule has 0 saturated carbocycles. The summed E-state index contributed by atoms with van der Waals surface area (Å²) in [5.74, 6) is -0.294. The third kappa shape index (κ3) is 4.58. The monoisotopic (exact) mass is 416 g/mol. The standard InChI is InChI=1S/C25H24N2O4/c1-16-6-8-19(9-7-16)21-14-22(23-5-4-10-30-23)27(26-21)24(28)15-31-25(29)20-12-17(2)11-18(3)13-20/h4-13,22H,14-15H2,1-3H3/t22-/m1/s1. The number of esters is 1. The van der Waals surface area contributed by atoms with Crippen molar-refractivity contribution in [3.8, 4) is 0 Å². The Morgan fingerprint density at radius 3 is 2.39 bits per heavy atom. The molecule has 3 aromatic rings. The van der Waals surface area contributed by atoms with Gasteiger partial charge in [-0.2, -0.15) is 5.10 Å². The Kier molecular flexibility index (Phi) is 5.71. The third-order valence-electron chi connectivity index (χ3n) is 5.21. The van der Waals surface area contributed by atoms with Crippen LogP contribution in [0.5, 0.6) is 0 Å². The molecule has 1 aliphatic rings. The SMILES string of the molecule is Cc1ccc(C2=NN(C(=O)COC(=O)c3cc(C)cc(C)c3)[C@@H](c3ccco3)C2)cc1. The molecule has 1 aromatic heterocycles. The van der Waals surface area contributed by atoms with Crippen molar-refractivity contribution >= 4 is 17.6 Å². The molecule has 158 valence electrons. The number of hydrogen-bond donors (Lipinski definition) is 0. The fourth-order valence-electron chi connectivity index (χ4n) is 3.73. The summed E-state index contributed by atoms with van der Waals surface area (Å²) in [7, 11) is 0. The number of ether oxygens (including phenoxy) is 1. The molecule has 2 aromatic carbocycles. The summed E-state index contributed by atoms with van der Waals surface area (Å²) in [4.78, 5) is 25.4. The van der Waals surface area contributed by atoms with E-state index in [0.29, 0.717) is 17.7 Å². The van der Waals surface area contributed by atoms with Crippen LogP contribution in [-0.4, -0.2) is 29.2 Å². The number of carbonyl (C=O) groups is 2. The molecule has 0 unspecified atom stereocenters. The van der Waals surface area contributed by atoms with E-state index in [1.165, 1.54) is 5.01 Å². The summed E-state index contributed by atoms with van der Waals surface area (Å²) in [6, 6.07) is 16.7. The van der Waals surface area contributed by atoms with Crippen molar-refractivity contribution < 1.29 is 18.7 Å². The zero-order valence-corrected chi connectivity index (χ0v) is 17.8. The number of rotatable bonds is 5. The van der Waals surface area contributed by atoms with E-state index < -0.39 is 18.5 Å². The predicted octanol–water partition coefficient (Wildman–Crippen LogP) is 4.74. The Morgan fingerprint density at radius 1 is 1.03 bits per heavy atom. The van der Waals surface area contributed by atoms with Crippen LogP contribution >= 0.6 is 0 Å². The van der Waals surface area contributed by atoms with Gasteiger partial charge in [0.15, 0.2) is 6.61 Å². The van der Waals surface area contributed by atoms with Gasteiger partial charge in [-0.15, -0.1) is 0 Å². The topological polar surface area (TPSA) is 72.1 Å². The minimum absolute atomic E-state index is 0.376. The fraction of sp³-hybridized carbons (Fsp3) is 0.240. The normalized spacial score (nSPS) is 15.6. The minimum Gasteiger partial charge on any atom is -0.467 e. The lowest BCUT2D eigenvalue weighted by atomic mass is 10.0. The van der Waals surface area contributed by atoms with E-state index in [1.54, 1.807) is 24.5 Å². The van der Waals surface area contributed by atoms with Crippen molar-refractivity contribution in [3.63, 3.8) is 0 Å². The maximum Gasteiger partial charge on any atom is 0.338 e. The van der Waals surface area contributed by atoms with E-state index in [1.807, 2.05) is 57.2 Å². The van der Waals surface area contributed by atoms with Gasteiger partial charge in [0.25, 0.3) is 5.91 Å². The number of hydrogen-bond acceptors (Lipinski definition) is 5. The van der Waals surface area contributed by atoms with Crippen molar-refractivity contribution in [3.05, 3.63) is 94.4 Å². The highest BCUT2D eigenvalue weighted by atomic mass is 16.5. The second-order valence-corrected chi connectivity index (χ2v) is 7.84. The number of amides is 1. The van der Waals surface area contributed by atoms with Crippen molar-refractivity contribution in [2.75, 3.05) is 6.61 Å². The molecule has 4 rings (SSSR count). The van der Waals surface area contributed by atoms with Crippen molar-refractivity contribution in [1.29, 1.82) is 0 Å². The zero-order chi connectivity index (χ0) is 22.0. The van der Waals surface area contributed by atoms with Gasteiger partial charge in [-0.25, -0.2) is 9.80 Å². The number of benzene rings is 2. The summed E-state index contributed by atoms with van der Waals surface area (Å²) < 4.78 is 10.9. The molecule has 0 fully saturated rings. The van der Waals surface area contributed by atoms with Crippen LogP contribution in [-0.2, 0) is 9.53 Å². The third-order valence-corrected chi connectivity index (χ3v) is 5.21. The van der Waals surface area contributed by atoms with E-state index in [2.05, 4.69) is 5.10 Å². The van der Waals surface area contributed by atoms with Gasteiger partial charge in [-0.3, -0.25) is 4.79 Å². The highest BCUT2D eigenvalue weighted by Crippen LogP contribution is 2.33. The molecule has 1 amide bonds. The first-order valence-corrected chi connectivity index (χ1v) is 10.2. The van der Waals surface area contributed by atoms with Gasteiger partial charge in [0.1, 0.15) is 11.8 Å². The number of nitrogens with zero attached hydrogens (tertiary/aromatic N) is 2. The van der Waals surface area contributed by atoms with Gasteiger partial charge < -0.3 is 9.15 Å². The van der Waals surface area contributed by atoms with E-state index in [9.17, 15) is 9.59 Å². The van der Waals surface area contributed by atoms with Crippen molar-refractivity contribution in [2.45, 2.75) is 33.2 Å². The molecule has 0 N–H and O–H groups in total. The first kappa shape index (κ1) is 20.6. The molecule has 0 radical (unpaired) electrons. The van der Waals surface area contributed by atoms with Gasteiger partial charge in [-0.1, -0.05) is 47.0 Å². The highest BCUT2D eigenvalue weighted by molar-refractivity contribution is 6.03. The van der Waals surface area contributed by atoms with Gasteiger partial charge >= 0.3 is 5.97 Å². The lowest BCUT2D eigenvalue weighted by Gasteiger charge is -2.19. The van der Waals surface area contributed by atoms with Crippen LogP contribution in [0.25, 0.3) is 0 Å². The lowest BCUT2D eigenvalue weighted by molar-refractivity contribution is -0.136. The molecule has 6 nitrogen and oxygen atoms in total. The number of hydrazone groups is 1. The lowest BCUT2D eigenvalue weighted by Crippen LogP contribution is -2.31. The number of furan rings is 1. The minimum atomic E-state index is -0.531. The summed E-state index contributed by atoms with van der Waals surface area (Å²) in [6.45, 7) is 5.45. The first-order valence-electron chi connectivity index (χ1n) is 10.2. The maximum atomic E-state index is 13.0. The maximum absolute atomic E-state index is 13.0. The quantitative estimate of drug-likeness (QED) is 0.563. The van der Waals surface area contributed by atoms with Crippen LogP contribution in [0.2, 0.25) is 0 Å². The second-order valence-electron chi connectivity index (χ2n) is 7.84. The average Bonchev–Trinajstić information content (AvgIpc) is 3.41. The molecule has 31 heavy (non-hydrogen) atoms. The van der Waals surface area contributed by atoms with Crippen LogP contribution < -0.4 is 0 Å². The van der Waals surface area contributed by atoms with Crippen LogP contribution in [0.15, 0.2) is 70.4 Å². The Hall–Kier alpha value is -3.67. The largest absolute Gasteiger partial charge is 0.467 e. The highest BCUT2D eigenvalue weighted by Gasteiger charge is 2.35. The van der Waals surface area contributed by atoms with Crippen LogP contribution in [0.1, 0.15) is 50.8 Å². The smallest absolute Gasteiger partial charge is 0.338 e. The number of carbonyl (C=O) groups excluding carboxylic acids is 2. The molecule has 0 spiro atoms. The van der Waals surface area contributed by atoms with E-state index in [4.69, 9.17) is 9.15 Å². The molecule has 1 atom stereocenters. The van der Waals surface area contributed by atoms with Crippen LogP contribution in [0, 0.1) is 20.8 Å². The van der Waals surface area contributed by atoms with Gasteiger partial charge in [0, 0.05) is 6.42 Å². The Balaban J connectivity index is 1.52. The summed E-state index contributed by atoms with van der Waals surface area (Å²) in [6.07, 6.45) is 2.09. The molecule has 1 aliphatic heterocycles. The van der Waals surface area contributed by atoms with Gasteiger partial charge in [0.05, 0.1) is 17.5 Å². The molecule has 2 heterocycles. The Morgan fingerprint density at radius 2 is 1.74 bits per heavy atom. The number of aryl methyl sites for hydroxylation is 3. The molecular formula is C25H24N2O4. The first-order chi connectivity index (χ1) is 14.9. The van der Waals surface area contributed by atoms with E-state index in [0.717, 1.165) is 28.0 Å². The Labute approximate surface area is 181 Å². The fourth-order valence-corrected chi connectivity index (χ4v) is 3.73. The average molecular weight is 416 g/mol. The van der Waals surface area contributed by atoms with Gasteiger partial charge in [0.2, 0.25) is 0 Å². The predicted molar refractivity (Wildman–Crippen MR) is 117 cm³/mol. The zero-order valence-electron chi connectivity index (χ0n) is 17.8. The summed E-state index contributed by atoms with van der Waals surface area (Å²) in [5, 5.41) is 5.92. The van der Waals surface area contributed by atoms with Crippen LogP contribution in [0.3, 0.4) is 0 Å². The van der Waals surface area contributed by atoms with Crippen molar-refractivity contribution in [1.82, 2.24) is 5.01 Å².